The molecule has 0 heterocycles. The van der Waals surface area contributed by atoms with Crippen molar-refractivity contribution in [2.75, 3.05) is 6.61 Å². The zero-order valence-electron chi connectivity index (χ0n) is 16.2. The smallest absolute Gasteiger partial charge is 0.303 e. The molecule has 0 saturated carbocycles. The summed E-state index contributed by atoms with van der Waals surface area (Å²) in [7, 11) is 0. The summed E-state index contributed by atoms with van der Waals surface area (Å²) in [5, 5.41) is 38.3. The van der Waals surface area contributed by atoms with Crippen molar-refractivity contribution in [1.29, 1.82) is 0 Å². The van der Waals surface area contributed by atoms with Crippen molar-refractivity contribution in [3.8, 4) is 11.5 Å². The van der Waals surface area contributed by atoms with E-state index >= 15 is 0 Å². The van der Waals surface area contributed by atoms with Gasteiger partial charge in [-0.2, -0.15) is 0 Å². The van der Waals surface area contributed by atoms with Gasteiger partial charge in [-0.25, -0.2) is 4.89 Å². The van der Waals surface area contributed by atoms with Gasteiger partial charge in [0.15, 0.2) is 0 Å². The second kappa shape index (κ2) is 9.24. The highest BCUT2D eigenvalue weighted by atomic mass is 17.1. The fourth-order valence-electron chi connectivity index (χ4n) is 3.35. The molecule has 0 fully saturated rings. The number of phenolic OH excluding ortho intramolecular Hbond substituents is 2. The van der Waals surface area contributed by atoms with Gasteiger partial charge in [0.05, 0.1) is 6.61 Å². The summed E-state index contributed by atoms with van der Waals surface area (Å²) in [6.07, 6.45) is 3.47. The molecular weight excluding hydrogens is 336 g/mol. The summed E-state index contributed by atoms with van der Waals surface area (Å²) >= 11 is 0. The number of hydrogen-bond acceptors (Lipinski definition) is 5. The lowest BCUT2D eigenvalue weighted by atomic mass is 9.75. The molecule has 1 aromatic rings. The van der Waals surface area contributed by atoms with Crippen molar-refractivity contribution < 1.29 is 30.3 Å². The first-order valence-electron chi connectivity index (χ1n) is 9.06. The summed E-state index contributed by atoms with van der Waals surface area (Å²) in [5.41, 5.74) is 0.500. The van der Waals surface area contributed by atoms with Crippen molar-refractivity contribution in [2.45, 2.75) is 77.0 Å². The van der Waals surface area contributed by atoms with Gasteiger partial charge in [0.2, 0.25) is 0 Å². The number of rotatable bonds is 11. The minimum absolute atomic E-state index is 0.0822. The average Bonchev–Trinajstić information content (AvgIpc) is 2.52. The number of aliphatic carboxylic acids is 1. The minimum atomic E-state index is -0.837. The molecule has 0 aromatic heterocycles. The normalized spacial score (nSPS) is 12.3. The number of benzene rings is 1. The maximum Gasteiger partial charge on any atom is 0.303 e. The SMILES string of the molecule is CC(C)(CCCCOO)c1cc(O)c(C(C)(C)CCCC(=O)O)cc1O. The van der Waals surface area contributed by atoms with Crippen LogP contribution in [0.2, 0.25) is 0 Å². The van der Waals surface area contributed by atoms with Crippen molar-refractivity contribution in [3.05, 3.63) is 23.3 Å². The summed E-state index contributed by atoms with van der Waals surface area (Å²) in [5.74, 6) is -0.589. The van der Waals surface area contributed by atoms with Gasteiger partial charge in [0, 0.05) is 17.5 Å². The topological polar surface area (TPSA) is 107 Å². The molecule has 0 amide bonds. The fraction of sp³-hybridized carbons (Fsp3) is 0.650. The van der Waals surface area contributed by atoms with Crippen molar-refractivity contribution in [1.82, 2.24) is 0 Å². The summed E-state index contributed by atoms with van der Waals surface area (Å²) in [6, 6.07) is 3.22. The van der Waals surface area contributed by atoms with Crippen LogP contribution in [0.15, 0.2) is 12.1 Å². The third-order valence-corrected chi connectivity index (χ3v) is 5.05. The van der Waals surface area contributed by atoms with E-state index in [9.17, 15) is 15.0 Å². The van der Waals surface area contributed by atoms with E-state index in [1.165, 1.54) is 0 Å². The van der Waals surface area contributed by atoms with E-state index in [4.69, 9.17) is 10.4 Å². The van der Waals surface area contributed by atoms with Gasteiger partial charge in [0.1, 0.15) is 11.5 Å². The van der Waals surface area contributed by atoms with Crippen LogP contribution in [0.25, 0.3) is 0 Å². The predicted octanol–water partition coefficient (Wildman–Crippen LogP) is 4.57. The molecular formula is C20H32O6. The van der Waals surface area contributed by atoms with E-state index < -0.39 is 11.4 Å². The Morgan fingerprint density at radius 2 is 1.38 bits per heavy atom. The molecule has 0 unspecified atom stereocenters. The number of aromatic hydroxyl groups is 2. The Bertz CT molecular complexity index is 607. The van der Waals surface area contributed by atoms with E-state index in [0.29, 0.717) is 30.4 Å². The zero-order valence-corrected chi connectivity index (χ0v) is 16.2. The zero-order chi connectivity index (χ0) is 20.0. The minimum Gasteiger partial charge on any atom is -0.508 e. The van der Waals surface area contributed by atoms with Crippen LogP contribution in [0.4, 0.5) is 0 Å². The van der Waals surface area contributed by atoms with E-state index in [-0.39, 0.29) is 29.9 Å². The van der Waals surface area contributed by atoms with Gasteiger partial charge in [0.25, 0.3) is 0 Å². The Hall–Kier alpha value is -1.79. The third kappa shape index (κ3) is 6.18. The Kier molecular flexibility index (Phi) is 7.90. The van der Waals surface area contributed by atoms with Gasteiger partial charge in [-0.15, -0.1) is 0 Å². The van der Waals surface area contributed by atoms with Crippen LogP contribution in [-0.2, 0) is 20.5 Å². The summed E-state index contributed by atoms with van der Waals surface area (Å²) < 4.78 is 0. The molecule has 6 nitrogen and oxygen atoms in total. The first-order chi connectivity index (χ1) is 12.0. The van der Waals surface area contributed by atoms with Crippen LogP contribution < -0.4 is 0 Å². The molecule has 1 aromatic carbocycles. The van der Waals surface area contributed by atoms with Crippen LogP contribution in [0.5, 0.6) is 11.5 Å². The van der Waals surface area contributed by atoms with Crippen LogP contribution >= 0.6 is 0 Å². The average molecular weight is 368 g/mol. The maximum atomic E-state index is 10.7. The number of hydrogen-bond donors (Lipinski definition) is 4. The monoisotopic (exact) mass is 368 g/mol. The highest BCUT2D eigenvalue weighted by Crippen LogP contribution is 2.43. The van der Waals surface area contributed by atoms with Gasteiger partial charge >= 0.3 is 5.97 Å². The summed E-state index contributed by atoms with van der Waals surface area (Å²) in [6.45, 7) is 8.14. The van der Waals surface area contributed by atoms with Crippen LogP contribution in [0.1, 0.15) is 77.3 Å². The summed E-state index contributed by atoms with van der Waals surface area (Å²) in [4.78, 5) is 14.8. The van der Waals surface area contributed by atoms with Crippen LogP contribution in [0.3, 0.4) is 0 Å². The Morgan fingerprint density at radius 1 is 0.923 bits per heavy atom. The van der Waals surface area contributed by atoms with Gasteiger partial charge in [-0.05, 0) is 48.6 Å². The first-order valence-corrected chi connectivity index (χ1v) is 9.06. The molecule has 0 bridgehead atoms. The lowest BCUT2D eigenvalue weighted by molar-refractivity contribution is -0.242. The second-order valence-electron chi connectivity index (χ2n) is 8.19. The quantitative estimate of drug-likeness (QED) is 0.197. The van der Waals surface area contributed by atoms with Crippen molar-refractivity contribution in [3.63, 3.8) is 0 Å². The molecule has 0 spiro atoms. The Morgan fingerprint density at radius 3 is 1.81 bits per heavy atom. The second-order valence-corrected chi connectivity index (χ2v) is 8.19. The molecule has 0 aliphatic heterocycles. The Labute approximate surface area is 155 Å². The fourth-order valence-corrected chi connectivity index (χ4v) is 3.35. The number of carboxylic acid groups (broad SMARTS) is 1. The van der Waals surface area contributed by atoms with E-state index in [1.54, 1.807) is 12.1 Å². The molecule has 148 valence electrons. The molecule has 0 aliphatic rings. The maximum absolute atomic E-state index is 10.7. The lowest BCUT2D eigenvalue weighted by Gasteiger charge is -2.30. The molecule has 0 atom stereocenters. The van der Waals surface area contributed by atoms with Crippen LogP contribution in [0, 0.1) is 0 Å². The first kappa shape index (κ1) is 22.3. The standard InChI is InChI=1S/C20H32O6/c1-19(2,9-5-6-11-26-25)14-12-17(22)15(13-16(14)21)20(3,4)10-7-8-18(23)24/h12-13,21-22,25H,5-11H2,1-4H3,(H,23,24). The van der Waals surface area contributed by atoms with E-state index in [2.05, 4.69) is 4.89 Å². The molecule has 26 heavy (non-hydrogen) atoms. The third-order valence-electron chi connectivity index (χ3n) is 5.05. The number of phenols is 2. The molecule has 0 radical (unpaired) electrons. The lowest BCUT2D eigenvalue weighted by Crippen LogP contribution is -2.21. The largest absolute Gasteiger partial charge is 0.508 e. The van der Waals surface area contributed by atoms with Crippen LogP contribution in [-0.4, -0.2) is 33.2 Å². The number of carbonyl (C=O) groups is 1. The Balaban J connectivity index is 2.97. The van der Waals surface area contributed by atoms with Gasteiger partial charge in [-0.1, -0.05) is 34.1 Å². The van der Waals surface area contributed by atoms with Gasteiger partial charge in [-0.3, -0.25) is 10.1 Å². The molecule has 1 rings (SSSR count). The van der Waals surface area contributed by atoms with Crippen molar-refractivity contribution >= 4 is 5.97 Å². The van der Waals surface area contributed by atoms with E-state index in [0.717, 1.165) is 12.8 Å². The van der Waals surface area contributed by atoms with Gasteiger partial charge < -0.3 is 15.3 Å². The van der Waals surface area contributed by atoms with E-state index in [1.807, 2.05) is 27.7 Å². The highest BCUT2D eigenvalue weighted by Gasteiger charge is 2.29. The van der Waals surface area contributed by atoms with Crippen molar-refractivity contribution in [2.24, 2.45) is 0 Å². The number of carboxylic acids is 1. The predicted molar refractivity (Wildman–Crippen MR) is 99.7 cm³/mol. The molecule has 0 saturated heterocycles. The molecule has 4 N–H and O–H groups in total. The molecule has 0 aliphatic carbocycles. The highest BCUT2D eigenvalue weighted by molar-refractivity contribution is 5.66. The number of unbranched alkanes of at least 4 members (excludes halogenated alkanes) is 1. The molecule has 6 heteroatoms.